The summed E-state index contributed by atoms with van der Waals surface area (Å²) in [6.45, 7) is 3.47. The number of nitriles is 1. The number of hydrogen-bond donors (Lipinski definition) is 0. The van der Waals surface area contributed by atoms with Gasteiger partial charge in [0.2, 0.25) is 0 Å². The van der Waals surface area contributed by atoms with Gasteiger partial charge in [-0.3, -0.25) is 4.79 Å². The third-order valence-corrected chi connectivity index (χ3v) is 4.06. The number of amides is 1. The molecule has 1 fully saturated rings. The summed E-state index contributed by atoms with van der Waals surface area (Å²) in [5.41, 5.74) is -0.396. The molecule has 100 valence electrons. The lowest BCUT2D eigenvalue weighted by atomic mass is 10.0. The van der Waals surface area contributed by atoms with Crippen molar-refractivity contribution in [2.75, 3.05) is 0 Å². The molecule has 2 rings (SSSR count). The first-order chi connectivity index (χ1) is 8.86. The fourth-order valence-electron chi connectivity index (χ4n) is 2.06. The molecule has 0 spiro atoms. The summed E-state index contributed by atoms with van der Waals surface area (Å²) in [5.74, 6) is -0.558. The van der Waals surface area contributed by atoms with Crippen molar-refractivity contribution in [1.29, 1.82) is 5.26 Å². The van der Waals surface area contributed by atoms with E-state index < -0.39 is 5.54 Å². The average molecular weight is 372 g/mol. The molecule has 5 heteroatoms. The minimum atomic E-state index is -0.851. The van der Waals surface area contributed by atoms with Gasteiger partial charge in [0.05, 0.1) is 11.6 Å². The topological polar surface area (TPSA) is 44.1 Å². The van der Waals surface area contributed by atoms with Crippen LogP contribution in [0.2, 0.25) is 0 Å². The van der Waals surface area contributed by atoms with Crippen LogP contribution >= 0.6 is 22.6 Å². The second-order valence-corrected chi connectivity index (χ2v) is 6.36. The quantitative estimate of drug-likeness (QED) is 0.764. The van der Waals surface area contributed by atoms with Crippen LogP contribution in [0.25, 0.3) is 0 Å². The maximum Gasteiger partial charge on any atom is 0.256 e. The third-order valence-electron chi connectivity index (χ3n) is 3.17. The Balaban J connectivity index is 2.38. The lowest BCUT2D eigenvalue weighted by Gasteiger charge is -2.33. The van der Waals surface area contributed by atoms with Gasteiger partial charge in [-0.25, -0.2) is 4.39 Å². The Kier molecular flexibility index (Phi) is 3.81. The van der Waals surface area contributed by atoms with E-state index in [1.165, 1.54) is 18.2 Å². The Bertz CT molecular complexity index is 561. The van der Waals surface area contributed by atoms with Crippen molar-refractivity contribution < 1.29 is 9.18 Å². The van der Waals surface area contributed by atoms with Gasteiger partial charge in [-0.05, 0) is 67.5 Å². The van der Waals surface area contributed by atoms with Gasteiger partial charge in [0.25, 0.3) is 5.91 Å². The lowest BCUT2D eigenvalue weighted by molar-refractivity contribution is 0.0614. The van der Waals surface area contributed by atoms with Crippen molar-refractivity contribution in [1.82, 2.24) is 4.90 Å². The van der Waals surface area contributed by atoms with Gasteiger partial charge < -0.3 is 4.90 Å². The largest absolute Gasteiger partial charge is 0.317 e. The number of rotatable bonds is 3. The zero-order valence-electron chi connectivity index (χ0n) is 10.8. The van der Waals surface area contributed by atoms with Crippen LogP contribution in [0.15, 0.2) is 18.2 Å². The second kappa shape index (κ2) is 5.08. The van der Waals surface area contributed by atoms with Gasteiger partial charge in [0.15, 0.2) is 0 Å². The molecule has 1 aromatic carbocycles. The molecule has 0 N–H and O–H groups in total. The lowest BCUT2D eigenvalue weighted by Crippen LogP contribution is -2.48. The zero-order valence-corrected chi connectivity index (χ0v) is 12.9. The van der Waals surface area contributed by atoms with E-state index in [2.05, 4.69) is 6.07 Å². The van der Waals surface area contributed by atoms with Crippen LogP contribution in [-0.4, -0.2) is 22.4 Å². The molecule has 1 aliphatic carbocycles. The first-order valence-corrected chi connectivity index (χ1v) is 7.14. The minimum absolute atomic E-state index is 0.128. The summed E-state index contributed by atoms with van der Waals surface area (Å²) in [6, 6.07) is 6.40. The molecule has 0 heterocycles. The molecule has 0 bridgehead atoms. The molecule has 0 saturated heterocycles. The summed E-state index contributed by atoms with van der Waals surface area (Å²) < 4.78 is 13.7. The van der Waals surface area contributed by atoms with E-state index >= 15 is 0 Å². The van der Waals surface area contributed by atoms with Crippen LogP contribution in [0, 0.1) is 20.7 Å². The predicted molar refractivity (Wildman–Crippen MR) is 78.0 cm³/mol. The van der Waals surface area contributed by atoms with Crippen LogP contribution in [0.1, 0.15) is 37.0 Å². The van der Waals surface area contributed by atoms with Crippen molar-refractivity contribution in [3.05, 3.63) is 33.1 Å². The molecule has 0 unspecified atom stereocenters. The molecule has 1 aromatic rings. The first kappa shape index (κ1) is 14.3. The summed E-state index contributed by atoms with van der Waals surface area (Å²) in [7, 11) is 0. The summed E-state index contributed by atoms with van der Waals surface area (Å²) in [6.07, 6.45) is 1.85. The maximum absolute atomic E-state index is 13.1. The average Bonchev–Trinajstić information content (AvgIpc) is 3.13. The van der Waals surface area contributed by atoms with E-state index in [0.29, 0.717) is 9.13 Å². The third kappa shape index (κ3) is 2.89. The zero-order chi connectivity index (χ0) is 14.2. The summed E-state index contributed by atoms with van der Waals surface area (Å²) in [5, 5.41) is 9.24. The number of carbonyl (C=O) groups is 1. The van der Waals surface area contributed by atoms with Crippen molar-refractivity contribution in [2.45, 2.75) is 38.3 Å². The van der Waals surface area contributed by atoms with Crippen molar-refractivity contribution in [2.24, 2.45) is 0 Å². The number of halogens is 2. The number of carbonyl (C=O) groups excluding carboxylic acids is 1. The molecule has 0 radical (unpaired) electrons. The van der Waals surface area contributed by atoms with Crippen molar-refractivity contribution in [3.8, 4) is 6.07 Å². The van der Waals surface area contributed by atoms with Crippen LogP contribution in [-0.2, 0) is 0 Å². The molecule has 0 atom stereocenters. The molecule has 1 aliphatic rings. The van der Waals surface area contributed by atoms with Gasteiger partial charge in [-0.2, -0.15) is 5.26 Å². The van der Waals surface area contributed by atoms with Gasteiger partial charge >= 0.3 is 0 Å². The van der Waals surface area contributed by atoms with E-state index in [0.717, 1.165) is 12.8 Å². The van der Waals surface area contributed by atoms with Gasteiger partial charge in [-0.15, -0.1) is 0 Å². The van der Waals surface area contributed by atoms with Gasteiger partial charge in [0.1, 0.15) is 11.4 Å². The van der Waals surface area contributed by atoms with E-state index in [4.69, 9.17) is 0 Å². The van der Waals surface area contributed by atoms with Gasteiger partial charge in [0, 0.05) is 9.61 Å². The van der Waals surface area contributed by atoms with Crippen LogP contribution in [0.4, 0.5) is 4.39 Å². The Morgan fingerprint density at radius 2 is 2.16 bits per heavy atom. The number of hydrogen-bond acceptors (Lipinski definition) is 2. The normalized spacial score (nSPS) is 14.9. The molecule has 1 amide bonds. The SMILES string of the molecule is CC(C)(C#N)N(C(=O)c1ccc(F)cc1I)C1CC1. The smallest absolute Gasteiger partial charge is 0.256 e. The predicted octanol–water partition coefficient (Wildman–Crippen LogP) is 3.34. The minimum Gasteiger partial charge on any atom is -0.317 e. The molecule has 1 saturated carbocycles. The molecular weight excluding hydrogens is 358 g/mol. The molecule has 3 nitrogen and oxygen atoms in total. The van der Waals surface area contributed by atoms with Crippen LogP contribution < -0.4 is 0 Å². The Hall–Kier alpha value is -1.16. The fourth-order valence-corrected chi connectivity index (χ4v) is 2.76. The highest BCUT2D eigenvalue weighted by Gasteiger charge is 2.42. The van der Waals surface area contributed by atoms with E-state index in [9.17, 15) is 14.4 Å². The van der Waals surface area contributed by atoms with Crippen molar-refractivity contribution in [3.63, 3.8) is 0 Å². The van der Waals surface area contributed by atoms with E-state index in [1.807, 2.05) is 22.6 Å². The number of benzene rings is 1. The Morgan fingerprint density at radius 1 is 1.53 bits per heavy atom. The highest BCUT2D eigenvalue weighted by molar-refractivity contribution is 14.1. The molecule has 0 aliphatic heterocycles. The second-order valence-electron chi connectivity index (χ2n) is 5.20. The monoisotopic (exact) mass is 372 g/mol. The highest BCUT2D eigenvalue weighted by atomic mass is 127. The standard InChI is InChI=1S/C14H14FIN2O/c1-14(2,8-17)18(10-4-5-10)13(19)11-6-3-9(15)7-12(11)16/h3,6-7,10H,4-5H2,1-2H3. The Morgan fingerprint density at radius 3 is 2.63 bits per heavy atom. The summed E-state index contributed by atoms with van der Waals surface area (Å²) >= 11 is 1.95. The van der Waals surface area contributed by atoms with Crippen LogP contribution in [0.3, 0.4) is 0 Å². The fraction of sp³-hybridized carbons (Fsp3) is 0.429. The first-order valence-electron chi connectivity index (χ1n) is 6.07. The van der Waals surface area contributed by atoms with Gasteiger partial charge in [-0.1, -0.05) is 0 Å². The summed E-state index contributed by atoms with van der Waals surface area (Å²) in [4.78, 5) is 14.2. The van der Waals surface area contributed by atoms with E-state index in [-0.39, 0.29) is 17.8 Å². The molecule has 19 heavy (non-hydrogen) atoms. The van der Waals surface area contributed by atoms with Crippen molar-refractivity contribution >= 4 is 28.5 Å². The molecular formula is C14H14FIN2O. The number of nitrogens with zero attached hydrogens (tertiary/aromatic N) is 2. The Labute approximate surface area is 125 Å². The van der Waals surface area contributed by atoms with Crippen LogP contribution in [0.5, 0.6) is 0 Å². The maximum atomic E-state index is 13.1. The van der Waals surface area contributed by atoms with E-state index in [1.54, 1.807) is 18.7 Å². The molecule has 0 aromatic heterocycles. The highest BCUT2D eigenvalue weighted by Crippen LogP contribution is 2.34.